The maximum Gasteiger partial charge on any atom is 0.255 e. The van der Waals surface area contributed by atoms with Crippen molar-refractivity contribution in [2.45, 2.75) is 81.9 Å². The standard InChI is InChI=1S/C47H50F2N10O6S/c48-34-23-29(22-32-33(34)26-59(45(32)64)42(44(63)54-46-50-13-21-66-46)41-38-2-1-14-58(38)27-51-41)28-3-6-31(7-4-28)55-17-19-57(20-18-55)40(61)25-47(65)11-15-56(16-12-47)37-9-5-30(24-35(37)49)52-36-8-10-39(60)53-43(36)62/h3-7,9,13,21-24,27,36,42-43,52,62,65H,1-2,8,10-12,14-20,25-26H2,(H,53,60)(H,50,54,63). The van der Waals surface area contributed by atoms with Gasteiger partial charge in [-0.15, -0.1) is 11.3 Å². The maximum absolute atomic E-state index is 16.0. The molecule has 5 aliphatic heterocycles. The number of imidazole rings is 1. The number of amides is 4. The predicted octanol–water partition coefficient (Wildman–Crippen LogP) is 4.65. The number of aryl methyl sites for hydroxylation is 1. The summed E-state index contributed by atoms with van der Waals surface area (Å²) >= 11 is 1.26. The second-order valence-corrected chi connectivity index (χ2v) is 18.7. The maximum atomic E-state index is 16.0. The number of nitrogens with zero attached hydrogens (tertiary/aromatic N) is 7. The largest absolute Gasteiger partial charge is 0.389 e. The average molecular weight is 921 g/mol. The number of nitrogens with one attached hydrogen (secondary N) is 3. The Morgan fingerprint density at radius 3 is 2.42 bits per heavy atom. The number of aliphatic hydroxyl groups excluding tert-OH is 1. The first-order chi connectivity index (χ1) is 31.9. The van der Waals surface area contributed by atoms with Gasteiger partial charge < -0.3 is 45.0 Å². The predicted molar refractivity (Wildman–Crippen MR) is 243 cm³/mol. The highest BCUT2D eigenvalue weighted by Gasteiger charge is 2.42. The monoisotopic (exact) mass is 920 g/mol. The summed E-state index contributed by atoms with van der Waals surface area (Å²) in [6, 6.07) is 14.0. The van der Waals surface area contributed by atoms with Crippen LogP contribution >= 0.6 is 11.3 Å². The Kier molecular flexibility index (Phi) is 11.7. The number of hydrogen-bond acceptors (Lipinski definition) is 12. The Bertz CT molecular complexity index is 2660. The van der Waals surface area contributed by atoms with Crippen LogP contribution in [-0.2, 0) is 33.9 Å². The number of fused-ring (bicyclic) bond motifs is 2. The van der Waals surface area contributed by atoms with Crippen LogP contribution in [0.2, 0.25) is 0 Å². The van der Waals surface area contributed by atoms with Crippen molar-refractivity contribution < 1.29 is 38.2 Å². The molecule has 0 aliphatic carbocycles. The number of piperazine rings is 1. The smallest absolute Gasteiger partial charge is 0.255 e. The molecule has 19 heteroatoms. The molecule has 0 spiro atoms. The number of carbonyl (C=O) groups is 4. The minimum atomic E-state index is -1.21. The van der Waals surface area contributed by atoms with E-state index in [4.69, 9.17) is 0 Å². The van der Waals surface area contributed by atoms with Crippen molar-refractivity contribution in [3.05, 3.63) is 107 Å². The van der Waals surface area contributed by atoms with Crippen LogP contribution in [0.15, 0.2) is 72.5 Å². The summed E-state index contributed by atoms with van der Waals surface area (Å²) in [6.07, 6.45) is 5.12. The SMILES string of the molecule is O=C1CCC(Nc2ccc(N3CCC(O)(CC(=O)N4CCN(c5ccc(-c6cc(F)c7c(c6)C(=O)N(C(C(=O)Nc6nccs6)c6ncn8c6CCC8)C7)cc5)CC4)CC3)c(F)c2)C(O)N1. The van der Waals surface area contributed by atoms with Crippen LogP contribution in [0.5, 0.6) is 0 Å². The zero-order valence-electron chi connectivity index (χ0n) is 36.1. The number of halogens is 2. The Balaban J connectivity index is 0.734. The van der Waals surface area contributed by atoms with Crippen molar-refractivity contribution >= 4 is 57.2 Å². The number of piperidine rings is 2. The lowest BCUT2D eigenvalue weighted by molar-refractivity contribution is -0.137. The molecule has 66 heavy (non-hydrogen) atoms. The molecule has 10 rings (SSSR count). The summed E-state index contributed by atoms with van der Waals surface area (Å²) in [5, 5.41) is 32.2. The van der Waals surface area contributed by atoms with E-state index in [1.807, 2.05) is 33.7 Å². The molecule has 344 valence electrons. The Morgan fingerprint density at radius 2 is 1.70 bits per heavy atom. The van der Waals surface area contributed by atoms with Crippen molar-refractivity contribution in [3.63, 3.8) is 0 Å². The highest BCUT2D eigenvalue weighted by atomic mass is 32.1. The Labute approximate surface area is 383 Å². The van der Waals surface area contributed by atoms with E-state index in [0.29, 0.717) is 86.3 Å². The molecule has 0 bridgehead atoms. The van der Waals surface area contributed by atoms with Crippen LogP contribution in [0.3, 0.4) is 0 Å². The van der Waals surface area contributed by atoms with E-state index in [0.717, 1.165) is 36.3 Å². The summed E-state index contributed by atoms with van der Waals surface area (Å²) in [5.74, 6) is -2.24. The van der Waals surface area contributed by atoms with Gasteiger partial charge in [0.15, 0.2) is 11.2 Å². The molecule has 5 aromatic rings. The molecule has 3 saturated heterocycles. The van der Waals surface area contributed by atoms with E-state index in [1.54, 1.807) is 41.0 Å². The topological polar surface area (TPSA) is 188 Å². The summed E-state index contributed by atoms with van der Waals surface area (Å²) < 4.78 is 33.3. The molecule has 16 nitrogen and oxygen atoms in total. The molecule has 3 aromatic carbocycles. The van der Waals surface area contributed by atoms with Gasteiger partial charge >= 0.3 is 0 Å². The first-order valence-electron chi connectivity index (χ1n) is 22.4. The number of hydrogen-bond donors (Lipinski definition) is 5. The van der Waals surface area contributed by atoms with Crippen LogP contribution in [0, 0.1) is 11.6 Å². The number of benzene rings is 3. The third-order valence-corrected chi connectivity index (χ3v) is 14.4. The molecule has 3 unspecified atom stereocenters. The Hall–Kier alpha value is -6.44. The lowest BCUT2D eigenvalue weighted by Crippen LogP contribution is -2.52. The molecule has 3 fully saturated rings. The number of thiazole rings is 1. The summed E-state index contributed by atoms with van der Waals surface area (Å²) in [6.45, 7) is 3.53. The van der Waals surface area contributed by atoms with Crippen LogP contribution in [0.25, 0.3) is 11.1 Å². The highest BCUT2D eigenvalue weighted by molar-refractivity contribution is 7.13. The van der Waals surface area contributed by atoms with Crippen molar-refractivity contribution in [2.24, 2.45) is 0 Å². The number of carbonyl (C=O) groups excluding carboxylic acids is 4. The molecule has 0 radical (unpaired) electrons. The van der Waals surface area contributed by atoms with Gasteiger partial charge in [-0.25, -0.2) is 18.7 Å². The van der Waals surface area contributed by atoms with Gasteiger partial charge in [-0.2, -0.15) is 0 Å². The van der Waals surface area contributed by atoms with Gasteiger partial charge in [-0.05, 0) is 85.7 Å². The lowest BCUT2D eigenvalue weighted by atomic mass is 9.87. The molecule has 5 N–H and O–H groups in total. The van der Waals surface area contributed by atoms with Gasteiger partial charge in [0, 0.05) is 92.0 Å². The van der Waals surface area contributed by atoms with Crippen molar-refractivity contribution in [3.8, 4) is 11.1 Å². The van der Waals surface area contributed by atoms with E-state index in [2.05, 4.69) is 30.8 Å². The second-order valence-electron chi connectivity index (χ2n) is 17.8. The number of rotatable bonds is 11. The molecule has 2 aromatic heterocycles. The zero-order valence-corrected chi connectivity index (χ0v) is 36.9. The third-order valence-electron chi connectivity index (χ3n) is 13.7. The van der Waals surface area contributed by atoms with Gasteiger partial charge in [-0.3, -0.25) is 24.5 Å². The molecule has 0 saturated carbocycles. The second kappa shape index (κ2) is 17.7. The van der Waals surface area contributed by atoms with Gasteiger partial charge in [0.2, 0.25) is 11.8 Å². The molecular formula is C47H50F2N10O6S. The van der Waals surface area contributed by atoms with Crippen molar-refractivity contribution in [1.29, 1.82) is 0 Å². The molecule has 7 heterocycles. The number of anilines is 4. The molecular weight excluding hydrogens is 871 g/mol. The zero-order chi connectivity index (χ0) is 45.7. The molecule has 5 aliphatic rings. The van der Waals surface area contributed by atoms with Crippen LogP contribution in [0.1, 0.15) is 71.9 Å². The highest BCUT2D eigenvalue weighted by Crippen LogP contribution is 2.39. The van der Waals surface area contributed by atoms with Crippen molar-refractivity contribution in [1.82, 2.24) is 29.7 Å². The fraction of sp³-hybridized carbons (Fsp3) is 0.404. The molecule has 4 amide bonds. The van der Waals surface area contributed by atoms with Gasteiger partial charge in [0.05, 0.1) is 42.3 Å². The minimum absolute atomic E-state index is 0.0232. The third kappa shape index (κ3) is 8.57. The average Bonchev–Trinajstić information content (AvgIpc) is 4.13. The van der Waals surface area contributed by atoms with E-state index >= 15 is 8.78 Å². The van der Waals surface area contributed by atoms with Gasteiger partial charge in [0.1, 0.15) is 17.9 Å². The van der Waals surface area contributed by atoms with Gasteiger partial charge in [0.25, 0.3) is 11.8 Å². The summed E-state index contributed by atoms with van der Waals surface area (Å²) in [5.41, 5.74) is 3.67. The number of aromatic nitrogens is 3. The lowest BCUT2D eigenvalue weighted by Gasteiger charge is -2.41. The summed E-state index contributed by atoms with van der Waals surface area (Å²) in [7, 11) is 0. The quantitative estimate of drug-likeness (QED) is 0.124. The fourth-order valence-corrected chi connectivity index (χ4v) is 10.5. The number of aliphatic hydroxyl groups is 2. The normalized spacial score (nSPS) is 20.8. The Morgan fingerprint density at radius 1 is 0.909 bits per heavy atom. The fourth-order valence-electron chi connectivity index (χ4n) is 9.98. The van der Waals surface area contributed by atoms with E-state index in [1.165, 1.54) is 28.4 Å². The molecule has 3 atom stereocenters. The van der Waals surface area contributed by atoms with E-state index < -0.39 is 47.4 Å². The van der Waals surface area contributed by atoms with Crippen molar-refractivity contribution in [2.75, 3.05) is 59.7 Å². The van der Waals surface area contributed by atoms with Crippen LogP contribution in [0.4, 0.5) is 31.0 Å². The van der Waals surface area contributed by atoms with Crippen LogP contribution in [-0.4, -0.2) is 115 Å². The first-order valence-corrected chi connectivity index (χ1v) is 23.3. The van der Waals surface area contributed by atoms with Crippen LogP contribution < -0.4 is 25.8 Å². The van der Waals surface area contributed by atoms with E-state index in [9.17, 15) is 29.4 Å². The van der Waals surface area contributed by atoms with E-state index in [-0.39, 0.29) is 42.3 Å². The first kappa shape index (κ1) is 43.5. The minimum Gasteiger partial charge on any atom is -0.389 e. The summed E-state index contributed by atoms with van der Waals surface area (Å²) in [4.78, 5) is 69.0. The van der Waals surface area contributed by atoms with Gasteiger partial charge in [-0.1, -0.05) is 12.1 Å².